The van der Waals surface area contributed by atoms with Gasteiger partial charge in [-0.2, -0.15) is 4.98 Å². The van der Waals surface area contributed by atoms with Crippen LogP contribution in [-0.4, -0.2) is 32.8 Å². The van der Waals surface area contributed by atoms with Crippen molar-refractivity contribution < 1.29 is 9.53 Å². The minimum Gasteiger partial charge on any atom is -0.496 e. The van der Waals surface area contributed by atoms with E-state index in [-0.39, 0.29) is 5.91 Å². The van der Waals surface area contributed by atoms with E-state index in [0.717, 1.165) is 11.1 Å². The van der Waals surface area contributed by atoms with Crippen LogP contribution in [0.25, 0.3) is 11.4 Å². The summed E-state index contributed by atoms with van der Waals surface area (Å²) in [5, 5.41) is 11.0. The number of para-hydroxylation sites is 1. The first-order valence-electron chi connectivity index (χ1n) is 10.5. The van der Waals surface area contributed by atoms with Crippen LogP contribution in [0.3, 0.4) is 0 Å². The predicted octanol–water partition coefficient (Wildman–Crippen LogP) is 4.28. The van der Waals surface area contributed by atoms with E-state index in [9.17, 15) is 4.79 Å². The second-order valence-electron chi connectivity index (χ2n) is 7.58. The lowest BCUT2D eigenvalue weighted by atomic mass is 9.95. The van der Waals surface area contributed by atoms with Gasteiger partial charge in [0.15, 0.2) is 5.82 Å². The van der Waals surface area contributed by atoms with Crippen molar-refractivity contribution in [3.63, 3.8) is 0 Å². The first-order chi connectivity index (χ1) is 16.2. The largest absolute Gasteiger partial charge is 0.496 e. The summed E-state index contributed by atoms with van der Waals surface area (Å²) in [4.78, 5) is 22.2. The summed E-state index contributed by atoms with van der Waals surface area (Å²) >= 11 is 0. The molecule has 2 aromatic heterocycles. The van der Waals surface area contributed by atoms with E-state index in [1.165, 1.54) is 0 Å². The van der Waals surface area contributed by atoms with Crippen LogP contribution >= 0.6 is 0 Å². The summed E-state index contributed by atoms with van der Waals surface area (Å²) in [6.07, 6.45) is 3.28. The van der Waals surface area contributed by atoms with Gasteiger partial charge in [0.25, 0.3) is 5.91 Å². The molecule has 8 heteroatoms. The van der Waals surface area contributed by atoms with E-state index in [1.807, 2.05) is 61.5 Å². The van der Waals surface area contributed by atoms with Crippen LogP contribution in [-0.2, 0) is 4.79 Å². The minimum atomic E-state index is -0.463. The van der Waals surface area contributed by atoms with Gasteiger partial charge in [0.2, 0.25) is 5.95 Å². The number of hydrogen-bond donors (Lipinski definition) is 2. The predicted molar refractivity (Wildman–Crippen MR) is 126 cm³/mol. The number of rotatable bonds is 5. The lowest BCUT2D eigenvalue weighted by Crippen LogP contribution is -2.31. The van der Waals surface area contributed by atoms with Crippen molar-refractivity contribution >= 4 is 17.5 Å². The Balaban J connectivity index is 1.61. The zero-order chi connectivity index (χ0) is 22.8. The zero-order valence-electron chi connectivity index (χ0n) is 18.2. The maximum atomic E-state index is 13.4. The van der Waals surface area contributed by atoms with Crippen molar-refractivity contribution in [2.45, 2.75) is 13.0 Å². The normalized spacial score (nSPS) is 14.9. The molecule has 0 spiro atoms. The number of hydrogen-bond acceptors (Lipinski definition) is 6. The van der Waals surface area contributed by atoms with Gasteiger partial charge in [0.1, 0.15) is 11.8 Å². The number of carbonyl (C=O) groups excluding carboxylic acids is 1. The van der Waals surface area contributed by atoms with Crippen LogP contribution in [0.1, 0.15) is 18.5 Å². The van der Waals surface area contributed by atoms with Gasteiger partial charge >= 0.3 is 0 Å². The van der Waals surface area contributed by atoms with Crippen LogP contribution in [0.2, 0.25) is 0 Å². The zero-order valence-corrected chi connectivity index (χ0v) is 18.2. The second-order valence-corrected chi connectivity index (χ2v) is 7.58. The molecule has 5 rings (SSSR count). The molecule has 0 aliphatic carbocycles. The molecule has 1 amide bonds. The molecule has 2 N–H and O–H groups in total. The summed E-state index contributed by atoms with van der Waals surface area (Å²) < 4.78 is 7.25. The highest BCUT2D eigenvalue weighted by Crippen LogP contribution is 2.37. The van der Waals surface area contributed by atoms with Crippen molar-refractivity contribution in [1.82, 2.24) is 19.7 Å². The van der Waals surface area contributed by atoms with Gasteiger partial charge in [-0.15, -0.1) is 5.10 Å². The van der Waals surface area contributed by atoms with Crippen molar-refractivity contribution in [2.24, 2.45) is 0 Å². The number of methoxy groups -OCH3 is 1. The fourth-order valence-electron chi connectivity index (χ4n) is 3.97. The molecule has 3 heterocycles. The monoisotopic (exact) mass is 438 g/mol. The van der Waals surface area contributed by atoms with E-state index in [2.05, 4.69) is 15.6 Å². The molecule has 8 nitrogen and oxygen atoms in total. The Bertz CT molecular complexity index is 1330. The van der Waals surface area contributed by atoms with E-state index in [1.54, 1.807) is 36.3 Å². The van der Waals surface area contributed by atoms with Crippen LogP contribution in [0.15, 0.2) is 90.4 Å². The van der Waals surface area contributed by atoms with Crippen LogP contribution < -0.4 is 15.4 Å². The third-order valence-electron chi connectivity index (χ3n) is 5.48. The Morgan fingerprint density at radius 2 is 1.85 bits per heavy atom. The molecular weight excluding hydrogens is 416 g/mol. The SMILES string of the molecule is COc1ccccc1-c1nc2n(n1)[C@@H](c1ccccc1)C(C(=O)Nc1cccnc1)=C(C)N2. The lowest BCUT2D eigenvalue weighted by molar-refractivity contribution is -0.113. The van der Waals surface area contributed by atoms with Gasteiger partial charge in [-0.25, -0.2) is 4.68 Å². The number of carbonyl (C=O) groups is 1. The molecule has 164 valence electrons. The maximum Gasteiger partial charge on any atom is 0.255 e. The first-order valence-corrected chi connectivity index (χ1v) is 10.5. The van der Waals surface area contributed by atoms with Crippen LogP contribution in [0, 0.1) is 0 Å². The molecule has 0 unspecified atom stereocenters. The number of aromatic nitrogens is 4. The summed E-state index contributed by atoms with van der Waals surface area (Å²) in [6.45, 7) is 1.87. The van der Waals surface area contributed by atoms with E-state index >= 15 is 0 Å². The van der Waals surface area contributed by atoms with E-state index in [4.69, 9.17) is 14.8 Å². The number of fused-ring (bicyclic) bond motifs is 1. The van der Waals surface area contributed by atoms with Crippen molar-refractivity contribution in [3.05, 3.63) is 96.0 Å². The van der Waals surface area contributed by atoms with Crippen molar-refractivity contribution in [2.75, 3.05) is 17.7 Å². The molecular formula is C25H22N6O2. The highest BCUT2D eigenvalue weighted by Gasteiger charge is 2.34. The Morgan fingerprint density at radius 3 is 2.61 bits per heavy atom. The van der Waals surface area contributed by atoms with Gasteiger partial charge in [0.05, 0.1) is 30.1 Å². The third-order valence-corrected chi connectivity index (χ3v) is 5.48. The third kappa shape index (κ3) is 3.82. The molecule has 0 saturated carbocycles. The topological polar surface area (TPSA) is 94.0 Å². The molecule has 0 saturated heterocycles. The fraction of sp³-hybridized carbons (Fsp3) is 0.120. The van der Waals surface area contributed by atoms with Crippen LogP contribution in [0.5, 0.6) is 5.75 Å². The molecule has 1 atom stereocenters. The van der Waals surface area contributed by atoms with Crippen molar-refractivity contribution in [3.8, 4) is 17.1 Å². The summed E-state index contributed by atoms with van der Waals surface area (Å²) in [5.74, 6) is 1.51. The highest BCUT2D eigenvalue weighted by molar-refractivity contribution is 6.05. The highest BCUT2D eigenvalue weighted by atomic mass is 16.5. The summed E-state index contributed by atoms with van der Waals surface area (Å²) in [5.41, 5.74) is 3.57. The van der Waals surface area contributed by atoms with Gasteiger partial charge in [-0.1, -0.05) is 42.5 Å². The standard InChI is InChI=1S/C25H22N6O2/c1-16-21(24(32)28-18-11-8-14-26-15-18)22(17-9-4-3-5-10-17)31-25(27-16)29-23(30-31)19-12-6-7-13-20(19)33-2/h3-15,22H,1-2H3,(H,28,32)(H,27,29,30)/t22-/m0/s1. The first kappa shape index (κ1) is 20.4. The average molecular weight is 438 g/mol. The number of nitrogens with one attached hydrogen (secondary N) is 2. The van der Waals surface area contributed by atoms with Gasteiger partial charge in [0, 0.05) is 11.9 Å². The smallest absolute Gasteiger partial charge is 0.255 e. The Morgan fingerprint density at radius 1 is 1.06 bits per heavy atom. The van der Waals surface area contributed by atoms with Gasteiger partial charge in [-0.3, -0.25) is 9.78 Å². The molecule has 1 aliphatic rings. The Hall–Kier alpha value is -4.46. The Labute approximate surface area is 191 Å². The second kappa shape index (κ2) is 8.58. The molecule has 0 radical (unpaired) electrons. The molecule has 1 aliphatic heterocycles. The van der Waals surface area contributed by atoms with Gasteiger partial charge in [-0.05, 0) is 36.8 Å². The number of pyridine rings is 1. The maximum absolute atomic E-state index is 13.4. The lowest BCUT2D eigenvalue weighted by Gasteiger charge is -2.28. The van der Waals surface area contributed by atoms with E-state index in [0.29, 0.717) is 34.5 Å². The number of allylic oxidation sites excluding steroid dienone is 1. The number of benzene rings is 2. The van der Waals surface area contributed by atoms with Gasteiger partial charge < -0.3 is 15.4 Å². The molecule has 33 heavy (non-hydrogen) atoms. The molecule has 0 fully saturated rings. The molecule has 0 bridgehead atoms. The number of anilines is 2. The number of nitrogens with zero attached hydrogens (tertiary/aromatic N) is 4. The minimum absolute atomic E-state index is 0.234. The average Bonchev–Trinajstić information content (AvgIpc) is 3.27. The number of amides is 1. The molecule has 2 aromatic carbocycles. The quantitative estimate of drug-likeness (QED) is 0.483. The van der Waals surface area contributed by atoms with Crippen molar-refractivity contribution in [1.29, 1.82) is 0 Å². The molecule has 4 aromatic rings. The van der Waals surface area contributed by atoms with E-state index < -0.39 is 6.04 Å². The fourth-order valence-corrected chi connectivity index (χ4v) is 3.97. The Kier molecular flexibility index (Phi) is 5.32. The number of ether oxygens (including phenoxy) is 1. The summed E-state index contributed by atoms with van der Waals surface area (Å²) in [6, 6.07) is 20.5. The van der Waals surface area contributed by atoms with Crippen LogP contribution in [0.4, 0.5) is 11.6 Å². The summed E-state index contributed by atoms with van der Waals surface area (Å²) in [7, 11) is 1.62.